The van der Waals surface area contributed by atoms with Crippen LogP contribution in [0.2, 0.25) is 0 Å². The summed E-state index contributed by atoms with van der Waals surface area (Å²) < 4.78 is 5.27. The number of alkyl carbamates (subject to hydrolysis) is 1. The van der Waals surface area contributed by atoms with Crippen LogP contribution in [0.1, 0.15) is 52.0 Å². The second-order valence-electron chi connectivity index (χ2n) is 7.42. The molecule has 0 spiro atoms. The Labute approximate surface area is 144 Å². The predicted octanol–water partition coefficient (Wildman–Crippen LogP) is 3.39. The van der Waals surface area contributed by atoms with Gasteiger partial charge in [0.1, 0.15) is 11.6 Å². The molecule has 1 saturated carbocycles. The van der Waals surface area contributed by atoms with E-state index in [1.54, 1.807) is 20.8 Å². The van der Waals surface area contributed by atoms with Gasteiger partial charge in [-0.25, -0.2) is 4.79 Å². The third kappa shape index (κ3) is 7.02. The van der Waals surface area contributed by atoms with E-state index in [1.165, 1.54) is 12.8 Å². The monoisotopic (exact) mass is 332 g/mol. The number of ether oxygens (including phenoxy) is 1. The van der Waals surface area contributed by atoms with E-state index in [-0.39, 0.29) is 5.91 Å². The lowest BCUT2D eigenvalue weighted by Gasteiger charge is -2.23. The van der Waals surface area contributed by atoms with Crippen molar-refractivity contribution in [3.8, 4) is 0 Å². The Balaban J connectivity index is 1.88. The Hall–Kier alpha value is -2.04. The van der Waals surface area contributed by atoms with Gasteiger partial charge in [-0.3, -0.25) is 4.79 Å². The molecular weight excluding hydrogens is 304 g/mol. The summed E-state index contributed by atoms with van der Waals surface area (Å²) in [6, 6.07) is 9.18. The molecule has 5 nitrogen and oxygen atoms in total. The maximum atomic E-state index is 12.5. The minimum atomic E-state index is -0.578. The van der Waals surface area contributed by atoms with Crippen LogP contribution in [0.5, 0.6) is 0 Å². The number of hydrogen-bond acceptors (Lipinski definition) is 3. The molecule has 0 aromatic heterocycles. The molecule has 0 saturated heterocycles. The van der Waals surface area contributed by atoms with E-state index in [4.69, 9.17) is 4.74 Å². The van der Waals surface area contributed by atoms with E-state index in [0.717, 1.165) is 12.0 Å². The van der Waals surface area contributed by atoms with Crippen LogP contribution in [0.3, 0.4) is 0 Å². The molecule has 24 heavy (non-hydrogen) atoms. The van der Waals surface area contributed by atoms with E-state index in [0.29, 0.717) is 18.9 Å². The van der Waals surface area contributed by atoms with Crippen LogP contribution in [-0.4, -0.2) is 23.6 Å². The SMILES string of the molecule is CC(C)(C)OC(=O)NC(CCC1CC1)C(=O)NCc1ccccc1. The predicted molar refractivity (Wildman–Crippen MR) is 93.4 cm³/mol. The molecule has 1 aromatic rings. The summed E-state index contributed by atoms with van der Waals surface area (Å²) in [5.41, 5.74) is 0.454. The summed E-state index contributed by atoms with van der Waals surface area (Å²) in [6.07, 6.45) is 3.51. The van der Waals surface area contributed by atoms with Gasteiger partial charge in [-0.05, 0) is 45.1 Å². The number of hydrogen-bond donors (Lipinski definition) is 2. The summed E-state index contributed by atoms with van der Waals surface area (Å²) in [4.78, 5) is 24.5. The van der Waals surface area contributed by atoms with Crippen molar-refractivity contribution in [1.29, 1.82) is 0 Å². The molecule has 1 aromatic carbocycles. The van der Waals surface area contributed by atoms with Gasteiger partial charge >= 0.3 is 6.09 Å². The molecule has 1 fully saturated rings. The standard InChI is InChI=1S/C19H28N2O3/c1-19(2,3)24-18(23)21-16(12-11-14-9-10-14)17(22)20-13-15-7-5-4-6-8-15/h4-8,14,16H,9-13H2,1-3H3,(H,20,22)(H,21,23). The lowest BCUT2D eigenvalue weighted by Crippen LogP contribution is -2.48. The van der Waals surface area contributed by atoms with Crippen LogP contribution in [0.4, 0.5) is 4.79 Å². The molecule has 2 amide bonds. The van der Waals surface area contributed by atoms with E-state index >= 15 is 0 Å². The molecule has 0 bridgehead atoms. The van der Waals surface area contributed by atoms with Gasteiger partial charge in [-0.2, -0.15) is 0 Å². The second kappa shape index (κ2) is 8.18. The zero-order valence-electron chi connectivity index (χ0n) is 14.8. The number of benzene rings is 1. The first-order valence-corrected chi connectivity index (χ1v) is 8.64. The first-order valence-electron chi connectivity index (χ1n) is 8.64. The first-order chi connectivity index (χ1) is 11.3. The lowest BCUT2D eigenvalue weighted by atomic mass is 10.1. The van der Waals surface area contributed by atoms with Crippen LogP contribution in [0, 0.1) is 5.92 Å². The normalized spacial score (nSPS) is 15.5. The van der Waals surface area contributed by atoms with E-state index < -0.39 is 17.7 Å². The number of carbonyl (C=O) groups excluding carboxylic acids is 2. The van der Waals surface area contributed by atoms with Gasteiger partial charge in [0, 0.05) is 6.54 Å². The van der Waals surface area contributed by atoms with Gasteiger partial charge in [0.25, 0.3) is 0 Å². The highest BCUT2D eigenvalue weighted by Gasteiger charge is 2.28. The Bertz CT molecular complexity index is 547. The largest absolute Gasteiger partial charge is 0.444 e. The minimum Gasteiger partial charge on any atom is -0.444 e. The van der Waals surface area contributed by atoms with Crippen molar-refractivity contribution < 1.29 is 14.3 Å². The molecule has 5 heteroatoms. The van der Waals surface area contributed by atoms with Gasteiger partial charge in [0.15, 0.2) is 0 Å². The molecule has 0 radical (unpaired) electrons. The fraction of sp³-hybridized carbons (Fsp3) is 0.579. The first kappa shape index (κ1) is 18.3. The maximum absolute atomic E-state index is 12.5. The van der Waals surface area contributed by atoms with Crippen LogP contribution in [0.25, 0.3) is 0 Å². The van der Waals surface area contributed by atoms with Crippen LogP contribution < -0.4 is 10.6 Å². The van der Waals surface area contributed by atoms with Crippen molar-refractivity contribution in [2.45, 2.75) is 64.6 Å². The Morgan fingerprint density at radius 1 is 1.21 bits per heavy atom. The number of rotatable bonds is 7. The van der Waals surface area contributed by atoms with Crippen molar-refractivity contribution >= 4 is 12.0 Å². The highest BCUT2D eigenvalue weighted by Crippen LogP contribution is 2.33. The third-order valence-corrected chi connectivity index (χ3v) is 3.88. The number of amides is 2. The highest BCUT2D eigenvalue weighted by molar-refractivity contribution is 5.85. The number of carbonyl (C=O) groups is 2. The summed E-state index contributed by atoms with van der Waals surface area (Å²) in [6.45, 7) is 5.87. The molecule has 1 aliphatic rings. The van der Waals surface area contributed by atoms with Crippen LogP contribution >= 0.6 is 0 Å². The van der Waals surface area contributed by atoms with Crippen molar-refractivity contribution in [3.05, 3.63) is 35.9 Å². The molecule has 2 N–H and O–H groups in total. The zero-order valence-corrected chi connectivity index (χ0v) is 14.8. The summed E-state index contributed by atoms with van der Waals surface area (Å²) in [5, 5.41) is 5.62. The fourth-order valence-corrected chi connectivity index (χ4v) is 2.44. The average Bonchev–Trinajstić information content (AvgIpc) is 3.32. The van der Waals surface area contributed by atoms with Gasteiger partial charge in [0.2, 0.25) is 5.91 Å². The van der Waals surface area contributed by atoms with Gasteiger partial charge in [0.05, 0.1) is 0 Å². The zero-order chi connectivity index (χ0) is 17.6. The van der Waals surface area contributed by atoms with Crippen molar-refractivity contribution in [1.82, 2.24) is 10.6 Å². The maximum Gasteiger partial charge on any atom is 0.408 e. The smallest absolute Gasteiger partial charge is 0.408 e. The Morgan fingerprint density at radius 2 is 1.88 bits per heavy atom. The Morgan fingerprint density at radius 3 is 2.46 bits per heavy atom. The summed E-state index contributed by atoms with van der Waals surface area (Å²) in [5.74, 6) is 0.542. The molecule has 1 unspecified atom stereocenters. The second-order valence-corrected chi connectivity index (χ2v) is 7.42. The molecule has 132 valence electrons. The molecule has 0 aliphatic heterocycles. The topological polar surface area (TPSA) is 67.4 Å². The van der Waals surface area contributed by atoms with Crippen molar-refractivity contribution in [3.63, 3.8) is 0 Å². The molecule has 0 heterocycles. The van der Waals surface area contributed by atoms with Gasteiger partial charge < -0.3 is 15.4 Å². The van der Waals surface area contributed by atoms with Gasteiger partial charge in [-0.15, -0.1) is 0 Å². The quantitative estimate of drug-likeness (QED) is 0.804. The average molecular weight is 332 g/mol. The molecular formula is C19H28N2O3. The molecule has 1 atom stereocenters. The number of nitrogens with one attached hydrogen (secondary N) is 2. The fourth-order valence-electron chi connectivity index (χ4n) is 2.44. The summed E-state index contributed by atoms with van der Waals surface area (Å²) in [7, 11) is 0. The minimum absolute atomic E-state index is 0.162. The third-order valence-electron chi connectivity index (χ3n) is 3.88. The summed E-state index contributed by atoms with van der Waals surface area (Å²) >= 11 is 0. The van der Waals surface area contributed by atoms with Crippen molar-refractivity contribution in [2.24, 2.45) is 5.92 Å². The Kier molecular flexibility index (Phi) is 6.23. The van der Waals surface area contributed by atoms with E-state index in [1.807, 2.05) is 30.3 Å². The van der Waals surface area contributed by atoms with Gasteiger partial charge in [-0.1, -0.05) is 43.2 Å². The van der Waals surface area contributed by atoms with Crippen molar-refractivity contribution in [2.75, 3.05) is 0 Å². The highest BCUT2D eigenvalue weighted by atomic mass is 16.6. The van der Waals surface area contributed by atoms with E-state index in [2.05, 4.69) is 10.6 Å². The van der Waals surface area contributed by atoms with Crippen LogP contribution in [0.15, 0.2) is 30.3 Å². The lowest BCUT2D eigenvalue weighted by molar-refractivity contribution is -0.123. The van der Waals surface area contributed by atoms with E-state index in [9.17, 15) is 9.59 Å². The molecule has 1 aliphatic carbocycles. The van der Waals surface area contributed by atoms with Crippen LogP contribution in [-0.2, 0) is 16.1 Å². The molecule has 2 rings (SSSR count).